The van der Waals surface area contributed by atoms with E-state index in [4.69, 9.17) is 4.74 Å². The molecule has 0 saturated carbocycles. The average molecular weight is 392 g/mol. The molecule has 140 valence electrons. The van der Waals surface area contributed by atoms with E-state index in [2.05, 4.69) is 65.3 Å². The van der Waals surface area contributed by atoms with Crippen LogP contribution in [-0.4, -0.2) is 19.4 Å². The first kappa shape index (κ1) is 22.2. The molecule has 3 rings (SSSR count). The van der Waals surface area contributed by atoms with E-state index in [-0.39, 0.29) is 24.3 Å². The van der Waals surface area contributed by atoms with Crippen LogP contribution in [0, 0.1) is 0 Å². The van der Waals surface area contributed by atoms with E-state index in [1.165, 1.54) is 29.5 Å². The van der Waals surface area contributed by atoms with Gasteiger partial charge < -0.3 is 14.8 Å². The van der Waals surface area contributed by atoms with Crippen molar-refractivity contribution in [2.24, 2.45) is 0 Å². The Balaban J connectivity index is 0.000000616. The first-order valence-electron chi connectivity index (χ1n) is 8.41. The van der Waals surface area contributed by atoms with E-state index in [0.717, 1.165) is 18.7 Å². The lowest BCUT2D eigenvalue weighted by atomic mass is 10.1. The van der Waals surface area contributed by atoms with Crippen LogP contribution in [0.5, 0.6) is 5.75 Å². The van der Waals surface area contributed by atoms with Crippen LogP contribution in [-0.2, 0) is 4.79 Å². The molecule has 0 aliphatic rings. The number of hydrogen-bond donors (Lipinski definition) is 1. The van der Waals surface area contributed by atoms with Crippen LogP contribution < -0.4 is 10.1 Å². The Hall–Kier alpha value is -1.88. The van der Waals surface area contributed by atoms with Crippen molar-refractivity contribution in [1.82, 2.24) is 5.32 Å². The lowest BCUT2D eigenvalue weighted by molar-refractivity contribution is -0.114. The molecule has 0 spiro atoms. The van der Waals surface area contributed by atoms with Gasteiger partial charge in [-0.3, -0.25) is 0 Å². The van der Waals surface area contributed by atoms with Crippen LogP contribution in [0.25, 0.3) is 10.8 Å². The zero-order valence-electron chi connectivity index (χ0n) is 15.4. The van der Waals surface area contributed by atoms with Crippen molar-refractivity contribution in [1.29, 1.82) is 0 Å². The predicted molar refractivity (Wildman–Crippen MR) is 114 cm³/mol. The Morgan fingerprint density at radius 1 is 1.08 bits per heavy atom. The monoisotopic (exact) mass is 391 g/mol. The second kappa shape index (κ2) is 11.7. The topological polar surface area (TPSA) is 38.3 Å². The lowest BCUT2D eigenvalue weighted by Gasteiger charge is -2.19. The van der Waals surface area contributed by atoms with E-state index in [1.54, 1.807) is 11.3 Å². The van der Waals surface area contributed by atoms with Gasteiger partial charge in [0, 0.05) is 16.7 Å². The molecular formula is C21H26ClNO2S. The van der Waals surface area contributed by atoms with Crippen molar-refractivity contribution >= 4 is 40.3 Å². The minimum absolute atomic E-state index is 0. The Kier molecular flexibility index (Phi) is 9.96. The summed E-state index contributed by atoms with van der Waals surface area (Å²) in [7, 11) is 1.98. The van der Waals surface area contributed by atoms with Gasteiger partial charge in [-0.25, -0.2) is 0 Å². The quantitative estimate of drug-likeness (QED) is 0.590. The van der Waals surface area contributed by atoms with Gasteiger partial charge in [0.1, 0.15) is 17.6 Å². The number of ketones is 1. The number of nitrogens with one attached hydrogen (secondary N) is 1. The smallest absolute Gasteiger partial charge is 0.134 e. The molecule has 1 atom stereocenters. The number of fused-ring (bicyclic) bond motifs is 1. The van der Waals surface area contributed by atoms with Crippen LogP contribution in [0.2, 0.25) is 0 Å². The molecule has 0 unspecified atom stereocenters. The van der Waals surface area contributed by atoms with Crippen molar-refractivity contribution < 1.29 is 9.53 Å². The number of benzene rings is 2. The summed E-state index contributed by atoms with van der Waals surface area (Å²) in [6, 6.07) is 18.8. The molecular weight excluding hydrogens is 366 g/mol. The van der Waals surface area contributed by atoms with Gasteiger partial charge in [0.15, 0.2) is 0 Å². The van der Waals surface area contributed by atoms with Gasteiger partial charge >= 0.3 is 0 Å². The molecule has 26 heavy (non-hydrogen) atoms. The highest BCUT2D eigenvalue weighted by Gasteiger charge is 2.15. The van der Waals surface area contributed by atoms with Crippen LogP contribution in [0.1, 0.15) is 31.2 Å². The maximum atomic E-state index is 9.44. The van der Waals surface area contributed by atoms with Crippen LogP contribution in [0.15, 0.2) is 60.0 Å². The SMILES string of the molecule is CC(C)=O.CNCC[C@H](Oc1cccc2ccccc12)c1cccs1.Cl. The molecule has 1 heterocycles. The van der Waals surface area contributed by atoms with Crippen molar-refractivity contribution in [3.05, 3.63) is 64.9 Å². The van der Waals surface area contributed by atoms with E-state index in [9.17, 15) is 4.79 Å². The summed E-state index contributed by atoms with van der Waals surface area (Å²) in [5.41, 5.74) is 0. The Morgan fingerprint density at radius 2 is 1.77 bits per heavy atom. The van der Waals surface area contributed by atoms with Crippen molar-refractivity contribution in [2.75, 3.05) is 13.6 Å². The zero-order chi connectivity index (χ0) is 18.1. The van der Waals surface area contributed by atoms with E-state index in [0.29, 0.717) is 0 Å². The molecule has 1 N–H and O–H groups in total. The fourth-order valence-electron chi connectivity index (χ4n) is 2.46. The lowest BCUT2D eigenvalue weighted by Crippen LogP contribution is -2.15. The van der Waals surface area contributed by atoms with Gasteiger partial charge in [0.2, 0.25) is 0 Å². The molecule has 0 amide bonds. The fraction of sp³-hybridized carbons (Fsp3) is 0.286. The summed E-state index contributed by atoms with van der Waals surface area (Å²) < 4.78 is 6.34. The Morgan fingerprint density at radius 3 is 2.42 bits per heavy atom. The zero-order valence-corrected chi connectivity index (χ0v) is 17.0. The Labute approximate surface area is 165 Å². The summed E-state index contributed by atoms with van der Waals surface area (Å²) in [6.07, 6.45) is 1.06. The van der Waals surface area contributed by atoms with Gasteiger partial charge in [-0.2, -0.15) is 0 Å². The largest absolute Gasteiger partial charge is 0.484 e. The molecule has 0 aliphatic heterocycles. The molecule has 2 aromatic carbocycles. The summed E-state index contributed by atoms with van der Waals surface area (Å²) in [6.45, 7) is 3.99. The maximum Gasteiger partial charge on any atom is 0.134 e. The highest BCUT2D eigenvalue weighted by molar-refractivity contribution is 7.10. The number of hydrogen-bond acceptors (Lipinski definition) is 4. The number of carbonyl (C=O) groups excluding carboxylic acids is 1. The molecule has 0 saturated heterocycles. The minimum atomic E-state index is 0. The van der Waals surface area contributed by atoms with Gasteiger partial charge in [-0.1, -0.05) is 42.5 Å². The molecule has 0 bridgehead atoms. The van der Waals surface area contributed by atoms with Crippen molar-refractivity contribution in [3.63, 3.8) is 0 Å². The number of ether oxygens (including phenoxy) is 1. The molecule has 5 heteroatoms. The molecule has 0 radical (unpaired) electrons. The number of carbonyl (C=O) groups is 1. The molecule has 0 aliphatic carbocycles. The third-order valence-corrected chi connectivity index (χ3v) is 4.50. The highest BCUT2D eigenvalue weighted by atomic mass is 35.5. The number of Topliss-reactive ketones (excluding diaryl/α,β-unsaturated/α-hetero) is 1. The van der Waals surface area contributed by atoms with Gasteiger partial charge in [-0.05, 0) is 50.3 Å². The summed E-state index contributed by atoms with van der Waals surface area (Å²) >= 11 is 1.75. The first-order valence-corrected chi connectivity index (χ1v) is 9.29. The maximum absolute atomic E-state index is 9.44. The van der Waals surface area contributed by atoms with Gasteiger partial charge in [0.25, 0.3) is 0 Å². The Bertz CT molecular complexity index is 780. The first-order chi connectivity index (χ1) is 12.1. The molecule has 0 fully saturated rings. The highest BCUT2D eigenvalue weighted by Crippen LogP contribution is 2.32. The van der Waals surface area contributed by atoms with Gasteiger partial charge in [0.05, 0.1) is 0 Å². The fourth-order valence-corrected chi connectivity index (χ4v) is 3.25. The van der Waals surface area contributed by atoms with Crippen molar-refractivity contribution in [2.45, 2.75) is 26.4 Å². The second-order valence-corrected chi connectivity index (χ2v) is 6.88. The molecule has 1 aromatic heterocycles. The summed E-state index contributed by atoms with van der Waals surface area (Å²) in [4.78, 5) is 10.7. The number of rotatable bonds is 6. The second-order valence-electron chi connectivity index (χ2n) is 5.90. The third kappa shape index (κ3) is 6.79. The molecule has 3 nitrogen and oxygen atoms in total. The molecule has 3 aromatic rings. The van der Waals surface area contributed by atoms with E-state index in [1.807, 2.05) is 7.05 Å². The third-order valence-electron chi connectivity index (χ3n) is 3.54. The standard InChI is InChI=1S/C18H19NOS.C3H6O.ClH/c1-19-12-11-17(18-10-5-13-21-18)20-16-9-4-7-14-6-2-3-8-15(14)16;1-3(2)4;/h2-10,13,17,19H,11-12H2,1H3;1-2H3;1H/t17-;;/m0../s1. The van der Waals surface area contributed by atoms with E-state index < -0.39 is 0 Å². The van der Waals surface area contributed by atoms with E-state index >= 15 is 0 Å². The summed E-state index contributed by atoms with van der Waals surface area (Å²) in [5.74, 6) is 1.13. The van der Waals surface area contributed by atoms with Gasteiger partial charge in [-0.15, -0.1) is 23.7 Å². The predicted octanol–water partition coefficient (Wildman–Crippen LogP) is 5.65. The van der Waals surface area contributed by atoms with Crippen LogP contribution in [0.4, 0.5) is 0 Å². The summed E-state index contributed by atoms with van der Waals surface area (Å²) in [5, 5.41) is 7.70. The number of thiophene rings is 1. The van der Waals surface area contributed by atoms with Crippen LogP contribution >= 0.6 is 23.7 Å². The van der Waals surface area contributed by atoms with Crippen molar-refractivity contribution in [3.8, 4) is 5.75 Å². The average Bonchev–Trinajstić information content (AvgIpc) is 3.13. The van der Waals surface area contributed by atoms with Crippen LogP contribution in [0.3, 0.4) is 0 Å². The number of halogens is 1. The normalized spacial score (nSPS) is 11.0. The minimum Gasteiger partial charge on any atom is -0.484 e.